The van der Waals surface area contributed by atoms with E-state index in [9.17, 15) is 4.79 Å². The van der Waals surface area contributed by atoms with E-state index in [1.54, 1.807) is 17.1 Å². The Bertz CT molecular complexity index is 1060. The minimum Gasteiger partial charge on any atom is -0.460 e. The van der Waals surface area contributed by atoms with Gasteiger partial charge in [0.25, 0.3) is 0 Å². The summed E-state index contributed by atoms with van der Waals surface area (Å²) < 4.78 is 9.31. The van der Waals surface area contributed by atoms with Gasteiger partial charge >= 0.3 is 5.97 Å². The number of likely N-dealkylation sites (N-methyl/N-ethyl adjacent to an activating group) is 1. The number of anilines is 2. The lowest BCUT2D eigenvalue weighted by Crippen LogP contribution is -2.24. The van der Waals surface area contributed by atoms with E-state index in [4.69, 9.17) is 9.72 Å². The van der Waals surface area contributed by atoms with Gasteiger partial charge in [0, 0.05) is 43.6 Å². The molecule has 9 heteroatoms. The van der Waals surface area contributed by atoms with Crippen LogP contribution in [0.5, 0.6) is 0 Å². The van der Waals surface area contributed by atoms with Crippen molar-refractivity contribution in [1.82, 2.24) is 29.2 Å². The van der Waals surface area contributed by atoms with Crippen LogP contribution in [0.15, 0.2) is 30.9 Å². The van der Waals surface area contributed by atoms with Crippen molar-refractivity contribution in [1.29, 1.82) is 0 Å². The molecule has 0 radical (unpaired) electrons. The van der Waals surface area contributed by atoms with Crippen LogP contribution in [0.2, 0.25) is 0 Å². The molecule has 0 amide bonds. The highest BCUT2D eigenvalue weighted by Gasteiger charge is 2.23. The predicted molar refractivity (Wildman–Crippen MR) is 124 cm³/mol. The van der Waals surface area contributed by atoms with Crippen molar-refractivity contribution in [3.63, 3.8) is 0 Å². The molecule has 0 aromatic carbocycles. The molecule has 0 unspecified atom stereocenters. The van der Waals surface area contributed by atoms with Crippen LogP contribution in [-0.4, -0.2) is 61.4 Å². The van der Waals surface area contributed by atoms with Crippen LogP contribution < -0.4 is 5.32 Å². The number of fused-ring (bicyclic) bond motifs is 1. The van der Waals surface area contributed by atoms with Gasteiger partial charge in [-0.15, -0.1) is 0 Å². The van der Waals surface area contributed by atoms with Gasteiger partial charge in [-0.1, -0.05) is 27.2 Å². The summed E-state index contributed by atoms with van der Waals surface area (Å²) in [7, 11) is 2.03. The average molecular weight is 440 g/mol. The predicted octanol–water partition coefficient (Wildman–Crippen LogP) is 3.30. The molecule has 3 aromatic heterocycles. The fourth-order valence-corrected chi connectivity index (χ4v) is 4.23. The standard InChI is InChI=1S/C23H33N7O2/c1-5-17(16(2)3)12-29-9-6-18-10-24-23(27-22(18)29)26-19-11-25-30(13-19)15-21(31)32-20-7-8-28(4)14-20/h6,9-11,13,16-17,20H,5,7-8,12,14-15H2,1-4H3,(H,24,26,27)/t17-,20-/m1/s1. The SMILES string of the molecule is CC[C@H](Cn1ccc2cnc(Nc3cnn(CC(=O)O[C@@H]4CCN(C)C4)c3)nc21)C(C)C. The number of aromatic nitrogens is 5. The Morgan fingerprint density at radius 3 is 2.91 bits per heavy atom. The van der Waals surface area contributed by atoms with Gasteiger partial charge in [-0.3, -0.25) is 9.48 Å². The first-order chi connectivity index (χ1) is 15.4. The molecule has 172 valence electrons. The second-order valence-electron chi connectivity index (χ2n) is 9.07. The number of nitrogens with one attached hydrogen (secondary N) is 1. The Labute approximate surface area is 188 Å². The number of ether oxygens (including phenoxy) is 1. The van der Waals surface area contributed by atoms with Crippen LogP contribution in [0, 0.1) is 11.8 Å². The first-order valence-corrected chi connectivity index (χ1v) is 11.4. The summed E-state index contributed by atoms with van der Waals surface area (Å²) in [5.41, 5.74) is 1.64. The van der Waals surface area contributed by atoms with E-state index in [1.807, 2.05) is 13.2 Å². The van der Waals surface area contributed by atoms with Crippen molar-refractivity contribution in [3.8, 4) is 0 Å². The zero-order valence-corrected chi connectivity index (χ0v) is 19.4. The number of esters is 1. The van der Waals surface area contributed by atoms with Crippen molar-refractivity contribution in [2.75, 3.05) is 25.5 Å². The van der Waals surface area contributed by atoms with E-state index >= 15 is 0 Å². The third-order valence-corrected chi connectivity index (χ3v) is 6.23. The number of carbonyl (C=O) groups is 1. The lowest BCUT2D eigenvalue weighted by molar-refractivity contribution is -0.149. The monoisotopic (exact) mass is 439 g/mol. The maximum absolute atomic E-state index is 12.2. The summed E-state index contributed by atoms with van der Waals surface area (Å²) in [6.07, 6.45) is 9.33. The van der Waals surface area contributed by atoms with Crippen LogP contribution in [0.1, 0.15) is 33.6 Å². The van der Waals surface area contributed by atoms with Crippen molar-refractivity contribution in [2.24, 2.45) is 11.8 Å². The third kappa shape index (κ3) is 5.27. The van der Waals surface area contributed by atoms with Crippen LogP contribution in [0.4, 0.5) is 11.6 Å². The first kappa shape index (κ1) is 22.3. The highest BCUT2D eigenvalue weighted by Crippen LogP contribution is 2.22. The molecular weight excluding hydrogens is 406 g/mol. The Balaban J connectivity index is 1.40. The molecule has 0 aliphatic carbocycles. The molecule has 0 bridgehead atoms. The van der Waals surface area contributed by atoms with E-state index in [0.29, 0.717) is 17.8 Å². The molecule has 2 atom stereocenters. The van der Waals surface area contributed by atoms with E-state index in [-0.39, 0.29) is 18.6 Å². The normalized spacial score (nSPS) is 17.8. The van der Waals surface area contributed by atoms with Crippen LogP contribution in [0.3, 0.4) is 0 Å². The quantitative estimate of drug-likeness (QED) is 0.512. The van der Waals surface area contributed by atoms with Crippen molar-refractivity contribution < 1.29 is 9.53 Å². The summed E-state index contributed by atoms with van der Waals surface area (Å²) in [5, 5.41) is 8.48. The van der Waals surface area contributed by atoms with E-state index in [0.717, 1.165) is 49.2 Å². The van der Waals surface area contributed by atoms with Crippen LogP contribution >= 0.6 is 0 Å². The Kier molecular flexibility index (Phi) is 6.74. The van der Waals surface area contributed by atoms with Crippen molar-refractivity contribution in [2.45, 2.75) is 52.8 Å². The molecule has 1 aliphatic rings. The molecule has 4 rings (SSSR count). The number of carbonyl (C=O) groups excluding carboxylic acids is 1. The lowest BCUT2D eigenvalue weighted by atomic mass is 9.93. The third-order valence-electron chi connectivity index (χ3n) is 6.23. The topological polar surface area (TPSA) is 90.1 Å². The summed E-state index contributed by atoms with van der Waals surface area (Å²) >= 11 is 0. The highest BCUT2D eigenvalue weighted by molar-refractivity contribution is 5.76. The number of likely N-dealkylation sites (tertiary alicyclic amines) is 1. The van der Waals surface area contributed by atoms with Gasteiger partial charge in [-0.05, 0) is 31.4 Å². The number of hydrogen-bond acceptors (Lipinski definition) is 7. The minimum absolute atomic E-state index is 0.0278. The first-order valence-electron chi connectivity index (χ1n) is 11.4. The molecule has 4 heterocycles. The Morgan fingerprint density at radius 1 is 1.34 bits per heavy atom. The summed E-state index contributed by atoms with van der Waals surface area (Å²) in [6, 6.07) is 2.05. The number of hydrogen-bond donors (Lipinski definition) is 1. The van der Waals surface area contributed by atoms with Gasteiger partial charge in [0.1, 0.15) is 18.3 Å². The molecule has 1 aliphatic heterocycles. The van der Waals surface area contributed by atoms with Gasteiger partial charge < -0.3 is 19.5 Å². The van der Waals surface area contributed by atoms with E-state index in [2.05, 4.69) is 57.9 Å². The lowest BCUT2D eigenvalue weighted by Gasteiger charge is -2.20. The fourth-order valence-electron chi connectivity index (χ4n) is 4.23. The molecular formula is C23H33N7O2. The molecule has 3 aromatic rings. The zero-order chi connectivity index (χ0) is 22.7. The van der Waals surface area contributed by atoms with Gasteiger partial charge in [0.2, 0.25) is 5.95 Å². The van der Waals surface area contributed by atoms with Crippen LogP contribution in [-0.2, 0) is 22.6 Å². The molecule has 1 saturated heterocycles. The maximum atomic E-state index is 12.2. The Morgan fingerprint density at radius 2 is 2.19 bits per heavy atom. The van der Waals surface area contributed by atoms with Gasteiger partial charge in [-0.2, -0.15) is 10.1 Å². The van der Waals surface area contributed by atoms with E-state index in [1.165, 1.54) is 0 Å². The van der Waals surface area contributed by atoms with Crippen molar-refractivity contribution in [3.05, 3.63) is 30.9 Å². The molecule has 1 fully saturated rings. The molecule has 0 saturated carbocycles. The number of rotatable bonds is 9. The van der Waals surface area contributed by atoms with Gasteiger partial charge in [-0.25, -0.2) is 4.98 Å². The fraction of sp³-hybridized carbons (Fsp3) is 0.565. The smallest absolute Gasteiger partial charge is 0.328 e. The number of nitrogens with zero attached hydrogens (tertiary/aromatic N) is 6. The maximum Gasteiger partial charge on any atom is 0.328 e. The summed E-state index contributed by atoms with van der Waals surface area (Å²) in [4.78, 5) is 23.5. The van der Waals surface area contributed by atoms with Gasteiger partial charge in [0.15, 0.2) is 0 Å². The molecule has 9 nitrogen and oxygen atoms in total. The Hall–Kier alpha value is -2.94. The van der Waals surface area contributed by atoms with Gasteiger partial charge in [0.05, 0.1) is 11.9 Å². The second-order valence-corrected chi connectivity index (χ2v) is 9.07. The van der Waals surface area contributed by atoms with Crippen LogP contribution in [0.25, 0.3) is 11.0 Å². The second kappa shape index (κ2) is 9.68. The summed E-state index contributed by atoms with van der Waals surface area (Å²) in [5.74, 6) is 1.45. The molecule has 0 spiro atoms. The summed E-state index contributed by atoms with van der Waals surface area (Å²) in [6.45, 7) is 9.53. The molecule has 1 N–H and O–H groups in total. The largest absolute Gasteiger partial charge is 0.460 e. The minimum atomic E-state index is -0.272. The zero-order valence-electron chi connectivity index (χ0n) is 19.4. The van der Waals surface area contributed by atoms with E-state index < -0.39 is 0 Å². The average Bonchev–Trinajstić information content (AvgIpc) is 3.46. The highest BCUT2D eigenvalue weighted by atomic mass is 16.5. The van der Waals surface area contributed by atoms with Crippen molar-refractivity contribution >= 4 is 28.6 Å². The molecule has 32 heavy (non-hydrogen) atoms.